The summed E-state index contributed by atoms with van der Waals surface area (Å²) in [5, 5.41) is 2.00. The normalized spacial score (nSPS) is 13.0. The highest BCUT2D eigenvalue weighted by molar-refractivity contribution is 5.49. The number of hydrogen-bond donors (Lipinski definition) is 1. The van der Waals surface area contributed by atoms with E-state index in [9.17, 15) is 0 Å². The largest absolute Gasteiger partial charge is 0.497 e. The lowest BCUT2D eigenvalue weighted by molar-refractivity contribution is 0.410. The number of methoxy groups -OCH3 is 1. The van der Waals surface area contributed by atoms with Gasteiger partial charge in [-0.15, -0.1) is 0 Å². The first-order valence-electron chi connectivity index (χ1n) is 6.28. The highest BCUT2D eigenvalue weighted by Gasteiger charge is 2.12. The summed E-state index contributed by atoms with van der Waals surface area (Å²) in [5.74, 6) is 1.79. The lowest BCUT2D eigenvalue weighted by atomic mass is 10.1. The van der Waals surface area contributed by atoms with Crippen molar-refractivity contribution in [1.29, 1.82) is 0 Å². The first-order chi connectivity index (χ1) is 8.81. The number of nitrogens with zero attached hydrogens (tertiary/aromatic N) is 1. The molecule has 0 saturated carbocycles. The molecule has 0 bridgehead atoms. The van der Waals surface area contributed by atoms with E-state index in [1.807, 2.05) is 36.3 Å². The minimum absolute atomic E-state index is 0.0534. The summed E-state index contributed by atoms with van der Waals surface area (Å²) in [6.45, 7) is 10.6. The van der Waals surface area contributed by atoms with Gasteiger partial charge in [0.15, 0.2) is 0 Å². The predicted molar refractivity (Wildman–Crippen MR) is 79.4 cm³/mol. The standard InChI is InChI=1S/C12H20N2O.C3H4O/c1-12(2,3)13-14(4)10-7-6-8-11(9-10)15-5;1-3-2-4-3/h6-9,13H,1-5H3;1-2H2. The Balaban J connectivity index is 0.000000382. The lowest BCUT2D eigenvalue weighted by Gasteiger charge is -2.30. The minimum Gasteiger partial charge on any atom is -0.497 e. The van der Waals surface area contributed by atoms with Crippen LogP contribution in [-0.4, -0.2) is 26.3 Å². The van der Waals surface area contributed by atoms with Crippen molar-refractivity contribution in [3.8, 4) is 5.75 Å². The van der Waals surface area contributed by atoms with Gasteiger partial charge in [-0.05, 0) is 32.9 Å². The topological polar surface area (TPSA) is 37.0 Å². The molecule has 0 unspecified atom stereocenters. The summed E-state index contributed by atoms with van der Waals surface area (Å²) in [6.07, 6.45) is 0. The molecule has 0 aliphatic carbocycles. The second-order valence-corrected chi connectivity index (χ2v) is 5.45. The lowest BCUT2D eigenvalue weighted by Crippen LogP contribution is -2.47. The molecule has 1 heterocycles. The molecule has 106 valence electrons. The Morgan fingerprint density at radius 1 is 1.37 bits per heavy atom. The van der Waals surface area contributed by atoms with Crippen LogP contribution in [0.5, 0.6) is 5.75 Å². The quantitative estimate of drug-likeness (QED) is 0.672. The monoisotopic (exact) mass is 264 g/mol. The van der Waals surface area contributed by atoms with Crippen LogP contribution in [0.3, 0.4) is 0 Å². The molecule has 1 fully saturated rings. The van der Waals surface area contributed by atoms with Gasteiger partial charge in [0.25, 0.3) is 0 Å². The van der Waals surface area contributed by atoms with E-state index >= 15 is 0 Å². The molecule has 1 aromatic carbocycles. The van der Waals surface area contributed by atoms with E-state index in [1.165, 1.54) is 0 Å². The average Bonchev–Trinajstić information content (AvgIpc) is 3.10. The fourth-order valence-corrected chi connectivity index (χ4v) is 1.44. The maximum absolute atomic E-state index is 5.18. The van der Waals surface area contributed by atoms with Gasteiger partial charge in [0.1, 0.15) is 18.1 Å². The van der Waals surface area contributed by atoms with Crippen molar-refractivity contribution in [3.05, 3.63) is 36.6 Å². The number of hydrazine groups is 1. The number of anilines is 1. The van der Waals surface area contributed by atoms with E-state index in [0.29, 0.717) is 0 Å². The van der Waals surface area contributed by atoms with E-state index in [4.69, 9.17) is 4.74 Å². The Labute approximate surface area is 116 Å². The Bertz CT molecular complexity index is 418. The van der Waals surface area contributed by atoms with Crippen LogP contribution >= 0.6 is 0 Å². The second kappa shape index (κ2) is 6.48. The van der Waals surface area contributed by atoms with Gasteiger partial charge in [0.05, 0.1) is 12.8 Å². The molecule has 4 heteroatoms. The fourth-order valence-electron chi connectivity index (χ4n) is 1.44. The summed E-state index contributed by atoms with van der Waals surface area (Å²) in [4.78, 5) is 0. The Hall–Kier alpha value is -1.68. The molecule has 1 aromatic rings. The molecule has 1 aliphatic rings. The number of benzene rings is 1. The zero-order valence-electron chi connectivity index (χ0n) is 12.5. The molecule has 0 aromatic heterocycles. The van der Waals surface area contributed by atoms with Crippen LogP contribution in [0.1, 0.15) is 20.8 Å². The van der Waals surface area contributed by atoms with Crippen LogP contribution in [0.4, 0.5) is 5.69 Å². The molecule has 0 atom stereocenters. The van der Waals surface area contributed by atoms with E-state index in [1.54, 1.807) is 7.11 Å². The first-order valence-corrected chi connectivity index (χ1v) is 6.28. The molecule has 0 amide bonds. The van der Waals surface area contributed by atoms with E-state index < -0.39 is 0 Å². The van der Waals surface area contributed by atoms with Gasteiger partial charge in [0, 0.05) is 18.7 Å². The van der Waals surface area contributed by atoms with Gasteiger partial charge in [-0.25, -0.2) is 5.43 Å². The van der Waals surface area contributed by atoms with Crippen LogP contribution in [0.2, 0.25) is 0 Å². The minimum atomic E-state index is 0.0534. The summed E-state index contributed by atoms with van der Waals surface area (Å²) in [5.41, 5.74) is 4.51. The maximum atomic E-state index is 5.18. The molecular formula is C15H24N2O2. The van der Waals surface area contributed by atoms with Crippen LogP contribution in [-0.2, 0) is 4.74 Å². The number of nitrogens with one attached hydrogen (secondary N) is 1. The average molecular weight is 264 g/mol. The van der Waals surface area contributed by atoms with Gasteiger partial charge in [-0.2, -0.15) is 0 Å². The fraction of sp³-hybridized carbons (Fsp3) is 0.467. The molecule has 0 radical (unpaired) electrons. The Kier molecular flexibility index (Phi) is 5.24. The molecule has 0 spiro atoms. The van der Waals surface area contributed by atoms with Gasteiger partial charge in [-0.3, -0.25) is 0 Å². The number of rotatable bonds is 3. The third-order valence-electron chi connectivity index (χ3n) is 2.29. The number of hydrogen-bond acceptors (Lipinski definition) is 4. The molecule has 1 N–H and O–H groups in total. The molecule has 2 rings (SSSR count). The molecule has 1 saturated heterocycles. The van der Waals surface area contributed by atoms with Crippen molar-refractivity contribution >= 4 is 5.69 Å². The molecule has 1 aliphatic heterocycles. The van der Waals surface area contributed by atoms with Gasteiger partial charge in [-0.1, -0.05) is 12.6 Å². The third-order valence-corrected chi connectivity index (χ3v) is 2.29. The van der Waals surface area contributed by atoms with Gasteiger partial charge >= 0.3 is 0 Å². The summed E-state index contributed by atoms with van der Waals surface area (Å²) >= 11 is 0. The van der Waals surface area contributed by atoms with Crippen molar-refractivity contribution in [3.63, 3.8) is 0 Å². The van der Waals surface area contributed by atoms with Gasteiger partial charge in [0.2, 0.25) is 0 Å². The molecule has 19 heavy (non-hydrogen) atoms. The molecule has 4 nitrogen and oxygen atoms in total. The van der Waals surface area contributed by atoms with Crippen molar-refractivity contribution in [1.82, 2.24) is 5.43 Å². The zero-order chi connectivity index (χ0) is 14.5. The van der Waals surface area contributed by atoms with Crippen molar-refractivity contribution in [2.45, 2.75) is 26.3 Å². The summed E-state index contributed by atoms with van der Waals surface area (Å²) < 4.78 is 9.69. The SMILES string of the molecule is C=C1CO1.COc1cccc(N(C)NC(C)(C)C)c1. The number of ether oxygens (including phenoxy) is 2. The third kappa shape index (κ3) is 6.72. The van der Waals surface area contributed by atoms with E-state index in [0.717, 1.165) is 23.8 Å². The van der Waals surface area contributed by atoms with Crippen molar-refractivity contribution < 1.29 is 9.47 Å². The van der Waals surface area contributed by atoms with Gasteiger partial charge < -0.3 is 14.5 Å². The Morgan fingerprint density at radius 3 is 2.37 bits per heavy atom. The van der Waals surface area contributed by atoms with Crippen LogP contribution in [0.25, 0.3) is 0 Å². The second-order valence-electron chi connectivity index (χ2n) is 5.45. The number of epoxide rings is 1. The highest BCUT2D eigenvalue weighted by Crippen LogP contribution is 2.19. The maximum Gasteiger partial charge on any atom is 0.144 e. The Morgan fingerprint density at radius 2 is 1.95 bits per heavy atom. The zero-order valence-corrected chi connectivity index (χ0v) is 12.5. The predicted octanol–water partition coefficient (Wildman–Crippen LogP) is 2.96. The smallest absolute Gasteiger partial charge is 0.144 e. The first kappa shape index (κ1) is 15.4. The van der Waals surface area contributed by atoms with Crippen LogP contribution in [0, 0.1) is 0 Å². The summed E-state index contributed by atoms with van der Waals surface area (Å²) in [6, 6.07) is 7.96. The van der Waals surface area contributed by atoms with E-state index in [2.05, 4.69) is 37.5 Å². The van der Waals surface area contributed by atoms with Crippen LogP contribution in [0.15, 0.2) is 36.6 Å². The van der Waals surface area contributed by atoms with E-state index in [-0.39, 0.29) is 5.54 Å². The summed E-state index contributed by atoms with van der Waals surface area (Å²) in [7, 11) is 3.68. The molecular weight excluding hydrogens is 240 g/mol. The van der Waals surface area contributed by atoms with Crippen molar-refractivity contribution in [2.75, 3.05) is 25.8 Å². The van der Waals surface area contributed by atoms with Crippen molar-refractivity contribution in [2.24, 2.45) is 0 Å². The van der Waals surface area contributed by atoms with Crippen LogP contribution < -0.4 is 15.2 Å². The highest BCUT2D eigenvalue weighted by atomic mass is 16.6.